The summed E-state index contributed by atoms with van der Waals surface area (Å²) in [7, 11) is -1.94. The van der Waals surface area contributed by atoms with Crippen molar-refractivity contribution in [2.24, 2.45) is 11.5 Å². The van der Waals surface area contributed by atoms with Gasteiger partial charge in [-0.3, -0.25) is 4.79 Å². The summed E-state index contributed by atoms with van der Waals surface area (Å²) in [6, 6.07) is 8.86. The molecule has 2 aromatic carbocycles. The second-order valence-corrected chi connectivity index (χ2v) is 6.21. The van der Waals surface area contributed by atoms with Crippen molar-refractivity contribution in [2.75, 3.05) is 0 Å². The van der Waals surface area contributed by atoms with E-state index in [1.807, 2.05) is 0 Å². The number of nitrogens with two attached hydrogens (primary N) is 2. The molecule has 1 amide bonds. The first-order valence-corrected chi connectivity index (χ1v) is 8.51. The van der Waals surface area contributed by atoms with Gasteiger partial charge >= 0.3 is 13.1 Å². The molecular formula is C18H22BN3O6. The number of hydrogen-bond donors (Lipinski definition) is 7. The number of carbonyl (C=O) groups is 2. The van der Waals surface area contributed by atoms with Crippen molar-refractivity contribution in [3.05, 3.63) is 64.2 Å². The monoisotopic (exact) mass is 387 g/mol. The number of para-hydroxylation sites is 1. The van der Waals surface area contributed by atoms with Crippen LogP contribution in [0, 0.1) is 0 Å². The molecule has 2 rings (SSSR count). The van der Waals surface area contributed by atoms with Crippen molar-refractivity contribution in [1.82, 2.24) is 5.32 Å². The molecule has 9 N–H and O–H groups in total. The highest BCUT2D eigenvalue weighted by Gasteiger charge is 2.28. The van der Waals surface area contributed by atoms with E-state index in [1.165, 1.54) is 18.2 Å². The highest BCUT2D eigenvalue weighted by atomic mass is 16.4. The van der Waals surface area contributed by atoms with E-state index in [-0.39, 0.29) is 36.2 Å². The molecule has 0 bridgehead atoms. The van der Waals surface area contributed by atoms with Gasteiger partial charge in [0.1, 0.15) is 11.3 Å². The maximum absolute atomic E-state index is 12.5. The van der Waals surface area contributed by atoms with E-state index in [0.29, 0.717) is 5.56 Å². The lowest BCUT2D eigenvalue weighted by molar-refractivity contribution is 0.0693. The number of benzene rings is 2. The average molecular weight is 387 g/mol. The number of carbonyl (C=O) groups excluding carboxylic acids is 1. The number of phenols is 1. The average Bonchev–Trinajstić information content (AvgIpc) is 2.67. The highest BCUT2D eigenvalue weighted by molar-refractivity contribution is 6.43. The Bertz CT molecular complexity index is 874. The second-order valence-electron chi connectivity index (χ2n) is 6.21. The molecule has 0 unspecified atom stereocenters. The molecule has 0 heterocycles. The molecule has 0 aliphatic rings. The van der Waals surface area contributed by atoms with E-state index in [4.69, 9.17) is 16.6 Å². The first-order chi connectivity index (χ1) is 13.3. The quantitative estimate of drug-likeness (QED) is 0.292. The Morgan fingerprint density at radius 3 is 2.29 bits per heavy atom. The third-order valence-corrected chi connectivity index (χ3v) is 4.37. The van der Waals surface area contributed by atoms with Crippen LogP contribution < -0.4 is 16.8 Å². The predicted octanol–water partition coefficient (Wildman–Crippen LogP) is -0.639. The Hall–Kier alpha value is -2.92. The van der Waals surface area contributed by atoms with Crippen LogP contribution in [-0.2, 0) is 19.5 Å². The van der Waals surface area contributed by atoms with Crippen LogP contribution in [0.3, 0.4) is 0 Å². The zero-order chi connectivity index (χ0) is 20.8. The van der Waals surface area contributed by atoms with E-state index in [9.17, 15) is 24.7 Å². The third kappa shape index (κ3) is 4.87. The minimum Gasteiger partial charge on any atom is -0.507 e. The fourth-order valence-electron chi connectivity index (χ4n) is 2.80. The topological polar surface area (TPSA) is 179 Å². The lowest BCUT2D eigenvalue weighted by atomic mass is 9.75. The fraction of sp³-hybridized carbons (Fsp3) is 0.222. The van der Waals surface area contributed by atoms with Crippen molar-refractivity contribution < 1.29 is 29.9 Å². The second kappa shape index (κ2) is 9.33. The minimum absolute atomic E-state index is 0.152. The van der Waals surface area contributed by atoms with E-state index < -0.39 is 30.7 Å². The Morgan fingerprint density at radius 1 is 1.04 bits per heavy atom. The highest BCUT2D eigenvalue weighted by Crippen LogP contribution is 2.24. The zero-order valence-electron chi connectivity index (χ0n) is 15.0. The SMILES string of the molecule is NCc1ccc(C(=O)N[C@@H](Cc2cccc(C(=O)O)c2O)B(O)O)cc1CN. The van der Waals surface area contributed by atoms with Crippen LogP contribution in [-0.4, -0.2) is 45.2 Å². The zero-order valence-corrected chi connectivity index (χ0v) is 15.0. The molecule has 0 saturated heterocycles. The molecule has 0 radical (unpaired) electrons. The van der Waals surface area contributed by atoms with Crippen LogP contribution in [0.2, 0.25) is 0 Å². The van der Waals surface area contributed by atoms with E-state index in [0.717, 1.165) is 5.56 Å². The summed E-state index contributed by atoms with van der Waals surface area (Å²) >= 11 is 0. The third-order valence-electron chi connectivity index (χ3n) is 4.37. The van der Waals surface area contributed by atoms with Crippen molar-refractivity contribution in [3.63, 3.8) is 0 Å². The number of rotatable bonds is 8. The summed E-state index contributed by atoms with van der Waals surface area (Å²) in [5.41, 5.74) is 12.9. The molecule has 1 atom stereocenters. The van der Waals surface area contributed by atoms with Crippen LogP contribution in [0.15, 0.2) is 36.4 Å². The number of carboxylic acids is 1. The summed E-state index contributed by atoms with van der Waals surface area (Å²) in [6.07, 6.45) is -0.193. The number of aromatic hydroxyl groups is 1. The fourth-order valence-corrected chi connectivity index (χ4v) is 2.80. The van der Waals surface area contributed by atoms with E-state index >= 15 is 0 Å². The molecule has 0 aliphatic carbocycles. The number of amides is 1. The standard InChI is InChI=1S/C18H22BN3O6/c20-8-12-5-4-11(6-13(12)9-21)17(24)22-15(19(27)28)7-10-2-1-3-14(16(10)23)18(25)26/h1-6,15,23,27-28H,7-9,20-21H2,(H,22,24)(H,25,26)/t15-/m0/s1. The van der Waals surface area contributed by atoms with Gasteiger partial charge in [0, 0.05) is 18.7 Å². The molecule has 0 fully saturated rings. The Labute approximate surface area is 161 Å². The van der Waals surface area contributed by atoms with Crippen LogP contribution in [0.5, 0.6) is 5.75 Å². The maximum atomic E-state index is 12.5. The Balaban J connectivity index is 2.23. The number of aromatic carboxylic acids is 1. The maximum Gasteiger partial charge on any atom is 0.475 e. The first-order valence-electron chi connectivity index (χ1n) is 8.51. The molecule has 0 saturated carbocycles. The van der Waals surface area contributed by atoms with Gasteiger partial charge in [-0.05, 0) is 41.3 Å². The van der Waals surface area contributed by atoms with E-state index in [1.54, 1.807) is 18.2 Å². The summed E-state index contributed by atoms with van der Waals surface area (Å²) in [5.74, 6) is -3.57. The van der Waals surface area contributed by atoms with Crippen LogP contribution in [0.1, 0.15) is 37.4 Å². The van der Waals surface area contributed by atoms with Crippen molar-refractivity contribution >= 4 is 19.0 Å². The Morgan fingerprint density at radius 2 is 1.71 bits per heavy atom. The predicted molar refractivity (Wildman–Crippen MR) is 102 cm³/mol. The van der Waals surface area contributed by atoms with Gasteiger partial charge in [-0.25, -0.2) is 4.79 Å². The van der Waals surface area contributed by atoms with Crippen molar-refractivity contribution in [2.45, 2.75) is 25.5 Å². The van der Waals surface area contributed by atoms with Gasteiger partial charge in [-0.1, -0.05) is 18.2 Å². The molecule has 148 valence electrons. The summed E-state index contributed by atoms with van der Waals surface area (Å²) < 4.78 is 0. The molecule has 0 aromatic heterocycles. The lowest BCUT2D eigenvalue weighted by Crippen LogP contribution is -2.48. The largest absolute Gasteiger partial charge is 0.507 e. The van der Waals surface area contributed by atoms with Crippen molar-refractivity contribution in [3.8, 4) is 5.75 Å². The number of carboxylic acid groups (broad SMARTS) is 1. The van der Waals surface area contributed by atoms with Gasteiger partial charge in [-0.2, -0.15) is 0 Å². The summed E-state index contributed by atoms with van der Waals surface area (Å²) in [4.78, 5) is 23.6. The molecule has 0 aliphatic heterocycles. The Kier molecular flexibility index (Phi) is 7.13. The van der Waals surface area contributed by atoms with Gasteiger partial charge in [-0.15, -0.1) is 0 Å². The van der Waals surface area contributed by atoms with Crippen LogP contribution in [0.4, 0.5) is 0 Å². The van der Waals surface area contributed by atoms with Gasteiger partial charge in [0.25, 0.3) is 5.91 Å². The molecule has 9 nitrogen and oxygen atoms in total. The van der Waals surface area contributed by atoms with E-state index in [2.05, 4.69) is 5.32 Å². The first kappa shape index (κ1) is 21.4. The summed E-state index contributed by atoms with van der Waals surface area (Å²) in [5, 5.41) is 40.9. The number of nitrogens with one attached hydrogen (secondary N) is 1. The van der Waals surface area contributed by atoms with Crippen molar-refractivity contribution in [1.29, 1.82) is 0 Å². The molecule has 10 heteroatoms. The molecule has 2 aromatic rings. The van der Waals surface area contributed by atoms with Gasteiger partial charge in [0.15, 0.2) is 0 Å². The lowest BCUT2D eigenvalue weighted by Gasteiger charge is -2.19. The van der Waals surface area contributed by atoms with Gasteiger partial charge in [0.05, 0.1) is 5.94 Å². The molecular weight excluding hydrogens is 365 g/mol. The van der Waals surface area contributed by atoms with Crippen LogP contribution in [0.25, 0.3) is 0 Å². The molecule has 0 spiro atoms. The van der Waals surface area contributed by atoms with Crippen LogP contribution >= 0.6 is 0 Å². The normalized spacial score (nSPS) is 11.7. The smallest absolute Gasteiger partial charge is 0.475 e. The minimum atomic E-state index is -1.94. The number of hydrogen-bond acceptors (Lipinski definition) is 7. The van der Waals surface area contributed by atoms with Gasteiger partial charge in [0.2, 0.25) is 0 Å². The summed E-state index contributed by atoms with van der Waals surface area (Å²) in [6.45, 7) is 0.459. The molecule has 28 heavy (non-hydrogen) atoms. The van der Waals surface area contributed by atoms with Gasteiger partial charge < -0.3 is 37.0 Å².